The third kappa shape index (κ3) is 3.45. The van der Waals surface area contributed by atoms with E-state index < -0.39 is 17.5 Å². The quantitative estimate of drug-likeness (QED) is 0.677. The van der Waals surface area contributed by atoms with Gasteiger partial charge in [-0.2, -0.15) is 0 Å². The van der Waals surface area contributed by atoms with Crippen molar-refractivity contribution >= 4 is 28.9 Å². The van der Waals surface area contributed by atoms with E-state index in [2.05, 4.69) is 17.2 Å². The number of rotatable bonds is 3. The van der Waals surface area contributed by atoms with Crippen LogP contribution < -0.4 is 15.5 Å². The van der Waals surface area contributed by atoms with E-state index >= 15 is 0 Å². The SMILES string of the molecule is C=C1Nc2ccccc2C(=O)N1c1ccc(F)c(NC(=O)c2cccc(F)c2)c1. The number of amides is 2. The number of carbonyl (C=O) groups excluding carboxylic acids is 2. The summed E-state index contributed by atoms with van der Waals surface area (Å²) in [6.07, 6.45) is 0. The Morgan fingerprint density at radius 2 is 1.79 bits per heavy atom. The van der Waals surface area contributed by atoms with Crippen molar-refractivity contribution in [2.24, 2.45) is 0 Å². The van der Waals surface area contributed by atoms with Gasteiger partial charge in [-0.15, -0.1) is 0 Å². The predicted molar refractivity (Wildman–Crippen MR) is 107 cm³/mol. The van der Waals surface area contributed by atoms with E-state index in [9.17, 15) is 18.4 Å². The van der Waals surface area contributed by atoms with Crippen LogP contribution in [0.15, 0.2) is 79.1 Å². The van der Waals surface area contributed by atoms with E-state index in [-0.39, 0.29) is 17.2 Å². The molecule has 2 amide bonds. The van der Waals surface area contributed by atoms with E-state index in [0.717, 1.165) is 12.1 Å². The molecule has 0 fully saturated rings. The number of carbonyl (C=O) groups is 2. The second kappa shape index (κ2) is 7.20. The summed E-state index contributed by atoms with van der Waals surface area (Å²) in [5.74, 6) is -1.98. The summed E-state index contributed by atoms with van der Waals surface area (Å²) in [5, 5.41) is 5.45. The summed E-state index contributed by atoms with van der Waals surface area (Å²) in [7, 11) is 0. The molecule has 0 saturated heterocycles. The lowest BCUT2D eigenvalue weighted by Gasteiger charge is -2.31. The summed E-state index contributed by atoms with van der Waals surface area (Å²) in [5.41, 5.74) is 1.29. The van der Waals surface area contributed by atoms with E-state index in [0.29, 0.717) is 22.8 Å². The van der Waals surface area contributed by atoms with Crippen LogP contribution in [0.5, 0.6) is 0 Å². The molecule has 0 unspecified atom stereocenters. The molecule has 0 radical (unpaired) electrons. The minimum atomic E-state index is -0.693. The molecule has 0 bridgehead atoms. The Bertz CT molecular complexity index is 1160. The molecule has 3 aromatic rings. The largest absolute Gasteiger partial charge is 0.341 e. The van der Waals surface area contributed by atoms with Crippen LogP contribution in [0.4, 0.5) is 25.8 Å². The highest BCUT2D eigenvalue weighted by Crippen LogP contribution is 2.32. The number of nitrogens with one attached hydrogen (secondary N) is 2. The third-order valence-electron chi connectivity index (χ3n) is 4.45. The monoisotopic (exact) mass is 391 g/mol. The summed E-state index contributed by atoms with van der Waals surface area (Å²) in [6, 6.07) is 15.9. The molecule has 0 aromatic heterocycles. The molecule has 0 atom stereocenters. The average Bonchev–Trinajstić information content (AvgIpc) is 2.70. The van der Waals surface area contributed by atoms with Gasteiger partial charge in [0.15, 0.2) is 0 Å². The van der Waals surface area contributed by atoms with Crippen molar-refractivity contribution in [1.29, 1.82) is 0 Å². The summed E-state index contributed by atoms with van der Waals surface area (Å²) in [6.45, 7) is 3.86. The number of anilines is 3. The number of hydrogen-bond donors (Lipinski definition) is 2. The van der Waals surface area contributed by atoms with Crippen LogP contribution in [-0.2, 0) is 0 Å². The fourth-order valence-electron chi connectivity index (χ4n) is 3.08. The molecule has 2 N–H and O–H groups in total. The number of halogens is 2. The highest BCUT2D eigenvalue weighted by atomic mass is 19.1. The Kier molecular flexibility index (Phi) is 4.56. The zero-order valence-electron chi connectivity index (χ0n) is 15.1. The Labute approximate surface area is 165 Å². The molecule has 0 saturated carbocycles. The molecular formula is C22H15F2N3O2. The van der Waals surface area contributed by atoms with Gasteiger partial charge in [0.1, 0.15) is 17.5 Å². The summed E-state index contributed by atoms with van der Waals surface area (Å²) >= 11 is 0. The maximum absolute atomic E-state index is 14.3. The minimum Gasteiger partial charge on any atom is -0.341 e. The van der Waals surface area contributed by atoms with E-state index in [1.165, 1.54) is 35.2 Å². The van der Waals surface area contributed by atoms with Gasteiger partial charge in [-0.3, -0.25) is 14.5 Å². The second-order valence-corrected chi connectivity index (χ2v) is 6.39. The van der Waals surface area contributed by atoms with E-state index in [1.54, 1.807) is 24.3 Å². The van der Waals surface area contributed by atoms with E-state index in [4.69, 9.17) is 0 Å². The molecule has 29 heavy (non-hydrogen) atoms. The molecule has 4 rings (SSSR count). The smallest absolute Gasteiger partial charge is 0.266 e. The zero-order chi connectivity index (χ0) is 20.5. The van der Waals surface area contributed by atoms with Crippen molar-refractivity contribution in [3.63, 3.8) is 0 Å². The standard InChI is InChI=1S/C22H15F2N3O2/c1-13-25-19-8-3-2-7-17(19)22(29)27(13)16-9-10-18(24)20(12-16)26-21(28)14-5-4-6-15(23)11-14/h2-12,25H,1H2,(H,26,28). The number of benzene rings is 3. The zero-order valence-corrected chi connectivity index (χ0v) is 15.1. The molecular weight excluding hydrogens is 376 g/mol. The van der Waals surface area contributed by atoms with Crippen LogP contribution in [-0.4, -0.2) is 11.8 Å². The van der Waals surface area contributed by atoms with Gasteiger partial charge in [0.25, 0.3) is 11.8 Å². The first-order valence-electron chi connectivity index (χ1n) is 8.70. The normalized spacial score (nSPS) is 13.0. The summed E-state index contributed by atoms with van der Waals surface area (Å²) in [4.78, 5) is 26.5. The topological polar surface area (TPSA) is 61.4 Å². The van der Waals surface area contributed by atoms with Crippen molar-refractivity contribution in [2.45, 2.75) is 0 Å². The van der Waals surface area contributed by atoms with Crippen molar-refractivity contribution in [1.82, 2.24) is 0 Å². The van der Waals surface area contributed by atoms with Crippen LogP contribution in [0, 0.1) is 11.6 Å². The van der Waals surface area contributed by atoms with Crippen LogP contribution in [0.25, 0.3) is 0 Å². The van der Waals surface area contributed by atoms with Gasteiger partial charge < -0.3 is 10.6 Å². The van der Waals surface area contributed by atoms with Gasteiger partial charge in [-0.1, -0.05) is 24.8 Å². The van der Waals surface area contributed by atoms with Crippen LogP contribution >= 0.6 is 0 Å². The van der Waals surface area contributed by atoms with Gasteiger partial charge >= 0.3 is 0 Å². The number of para-hydroxylation sites is 1. The van der Waals surface area contributed by atoms with Gasteiger partial charge in [-0.25, -0.2) is 8.78 Å². The lowest BCUT2D eigenvalue weighted by atomic mass is 10.1. The molecule has 7 heteroatoms. The van der Waals surface area contributed by atoms with Crippen molar-refractivity contribution in [3.8, 4) is 0 Å². The first-order valence-corrected chi connectivity index (χ1v) is 8.70. The highest BCUT2D eigenvalue weighted by molar-refractivity contribution is 6.14. The molecule has 1 aliphatic rings. The fraction of sp³-hybridized carbons (Fsp3) is 0. The van der Waals surface area contributed by atoms with Crippen LogP contribution in [0.3, 0.4) is 0 Å². The molecule has 0 spiro atoms. The molecule has 144 valence electrons. The maximum atomic E-state index is 14.3. The van der Waals surface area contributed by atoms with Gasteiger partial charge in [-0.05, 0) is 48.5 Å². The molecule has 3 aromatic carbocycles. The Balaban J connectivity index is 1.66. The maximum Gasteiger partial charge on any atom is 0.266 e. The van der Waals surface area contributed by atoms with E-state index in [1.807, 2.05) is 0 Å². The van der Waals surface area contributed by atoms with Gasteiger partial charge in [0.2, 0.25) is 0 Å². The fourth-order valence-corrected chi connectivity index (χ4v) is 3.08. The first-order chi connectivity index (χ1) is 13.9. The summed E-state index contributed by atoms with van der Waals surface area (Å²) < 4.78 is 27.6. The average molecular weight is 391 g/mol. The van der Waals surface area contributed by atoms with Crippen molar-refractivity contribution in [3.05, 3.63) is 102 Å². The lowest BCUT2D eigenvalue weighted by Crippen LogP contribution is -2.37. The third-order valence-corrected chi connectivity index (χ3v) is 4.45. The molecule has 1 aliphatic heterocycles. The second-order valence-electron chi connectivity index (χ2n) is 6.39. The number of nitrogens with zero attached hydrogens (tertiary/aromatic N) is 1. The Morgan fingerprint density at radius 3 is 2.59 bits per heavy atom. The lowest BCUT2D eigenvalue weighted by molar-refractivity contribution is 0.0992. The van der Waals surface area contributed by atoms with Gasteiger partial charge in [0, 0.05) is 5.56 Å². The van der Waals surface area contributed by atoms with Crippen LogP contribution in [0.1, 0.15) is 20.7 Å². The van der Waals surface area contributed by atoms with Crippen molar-refractivity contribution < 1.29 is 18.4 Å². The van der Waals surface area contributed by atoms with Gasteiger partial charge in [0.05, 0.1) is 22.6 Å². The Morgan fingerprint density at radius 1 is 1.00 bits per heavy atom. The molecule has 1 heterocycles. The first kappa shape index (κ1) is 18.4. The minimum absolute atomic E-state index is 0.0452. The highest BCUT2D eigenvalue weighted by Gasteiger charge is 2.28. The predicted octanol–water partition coefficient (Wildman–Crippen LogP) is 4.76. The number of hydrogen-bond acceptors (Lipinski definition) is 3. The Hall–Kier alpha value is -4.00. The van der Waals surface area contributed by atoms with Crippen LogP contribution in [0.2, 0.25) is 0 Å². The number of fused-ring (bicyclic) bond motifs is 1. The van der Waals surface area contributed by atoms with Crippen molar-refractivity contribution in [2.75, 3.05) is 15.5 Å². The molecule has 0 aliphatic carbocycles. The molecule has 5 nitrogen and oxygen atoms in total.